The van der Waals surface area contributed by atoms with Crippen LogP contribution < -0.4 is 28.4 Å². The predicted molar refractivity (Wildman–Crippen MR) is 211 cm³/mol. The summed E-state index contributed by atoms with van der Waals surface area (Å²) in [5, 5.41) is 0. The first-order valence-electron chi connectivity index (χ1n) is 19.4. The number of benzene rings is 5. The number of hydrogen-bond donors (Lipinski definition) is 0. The highest BCUT2D eigenvalue weighted by Gasteiger charge is 2.21. The molecule has 0 saturated heterocycles. The van der Waals surface area contributed by atoms with E-state index in [0.29, 0.717) is 13.2 Å². The molecule has 0 heterocycles. The van der Waals surface area contributed by atoms with Crippen molar-refractivity contribution in [3.8, 4) is 34.5 Å². The lowest BCUT2D eigenvalue weighted by Crippen LogP contribution is -2.13. The summed E-state index contributed by atoms with van der Waals surface area (Å²) in [6, 6.07) is 18.2. The smallest absolute Gasteiger partial charge is 0.346 e. The van der Waals surface area contributed by atoms with Gasteiger partial charge in [0.05, 0.1) is 35.5 Å². The molecule has 0 bridgehead atoms. The van der Waals surface area contributed by atoms with Crippen LogP contribution in [-0.4, -0.2) is 37.1 Å². The Labute approximate surface area is 343 Å². The fraction of sp³-hybridized carbons (Fsp3) is 0.261. The van der Waals surface area contributed by atoms with Gasteiger partial charge in [0.15, 0.2) is 23.1 Å². The van der Waals surface area contributed by atoms with Crippen LogP contribution in [0.5, 0.6) is 34.5 Å². The van der Waals surface area contributed by atoms with Gasteiger partial charge in [0.2, 0.25) is 0 Å². The molecule has 314 valence electrons. The van der Waals surface area contributed by atoms with E-state index in [4.69, 9.17) is 28.4 Å². The van der Waals surface area contributed by atoms with Gasteiger partial charge < -0.3 is 28.4 Å². The van der Waals surface area contributed by atoms with Crippen LogP contribution in [0.4, 0.5) is 17.6 Å². The lowest BCUT2D eigenvalue weighted by atomic mass is 10.2. The lowest BCUT2D eigenvalue weighted by Gasteiger charge is -2.11. The number of halogens is 4. The van der Waals surface area contributed by atoms with Gasteiger partial charge in [-0.3, -0.25) is 0 Å². The van der Waals surface area contributed by atoms with E-state index < -0.39 is 69.8 Å². The highest BCUT2D eigenvalue weighted by atomic mass is 19.1. The van der Waals surface area contributed by atoms with Crippen molar-refractivity contribution >= 4 is 23.9 Å². The summed E-state index contributed by atoms with van der Waals surface area (Å²) in [5.41, 5.74) is -1.46. The minimum Gasteiger partial charge on any atom is -0.493 e. The van der Waals surface area contributed by atoms with Gasteiger partial charge in [-0.15, -0.1) is 0 Å². The number of rotatable bonds is 20. The molecule has 0 fully saturated rings. The molecule has 14 heteroatoms. The van der Waals surface area contributed by atoms with Gasteiger partial charge in [-0.2, -0.15) is 0 Å². The maximum absolute atomic E-state index is 14.9. The van der Waals surface area contributed by atoms with E-state index in [0.717, 1.165) is 99.9 Å². The molecule has 0 saturated carbocycles. The van der Waals surface area contributed by atoms with Crippen molar-refractivity contribution < 1.29 is 65.2 Å². The fourth-order valence-corrected chi connectivity index (χ4v) is 5.60. The van der Waals surface area contributed by atoms with E-state index in [2.05, 4.69) is 13.8 Å². The molecule has 0 aromatic heterocycles. The summed E-state index contributed by atoms with van der Waals surface area (Å²) in [4.78, 5) is 50.9. The normalized spacial score (nSPS) is 10.8. The highest BCUT2D eigenvalue weighted by Crippen LogP contribution is 2.27. The largest absolute Gasteiger partial charge is 0.493 e. The first-order valence-corrected chi connectivity index (χ1v) is 19.4. The minimum absolute atomic E-state index is 0.114. The summed E-state index contributed by atoms with van der Waals surface area (Å²) in [5.74, 6) is -9.34. The molecule has 0 unspecified atom stereocenters. The van der Waals surface area contributed by atoms with E-state index in [1.165, 1.54) is 48.5 Å². The number of unbranched alkanes of at least 4 members (excludes halogenated alkanes) is 6. The topological polar surface area (TPSA) is 124 Å². The van der Waals surface area contributed by atoms with Crippen molar-refractivity contribution in [1.29, 1.82) is 0 Å². The average Bonchev–Trinajstić information content (AvgIpc) is 3.22. The van der Waals surface area contributed by atoms with Crippen molar-refractivity contribution in [2.75, 3.05) is 13.2 Å². The maximum atomic E-state index is 14.9. The second-order valence-corrected chi connectivity index (χ2v) is 13.4. The number of carbonyl (C=O) groups excluding carboxylic acids is 4. The Hall–Kier alpha value is -6.70. The van der Waals surface area contributed by atoms with Crippen molar-refractivity contribution in [3.63, 3.8) is 0 Å². The standard InChI is InChI=1S/C46H42F4O10/c1-3-5-7-9-22-55-31-16-18-35(37(47)27-31)45(53)59-41-20-14-29(24-39(41)49)43(51)57-33-12-11-13-34(26-33)58-44(52)30-15-21-42(40(50)25-30)60-46(54)36-19-17-32(28-38(36)48)56-23-10-8-6-4-2/h11-21,24-28H,3-10,22-23H2,1-2H3. The molecular weight excluding hydrogens is 788 g/mol. The van der Waals surface area contributed by atoms with Crippen molar-refractivity contribution in [1.82, 2.24) is 0 Å². The van der Waals surface area contributed by atoms with Gasteiger partial charge in [-0.1, -0.05) is 58.4 Å². The minimum atomic E-state index is -1.17. The van der Waals surface area contributed by atoms with Crippen LogP contribution in [0, 0.1) is 23.3 Å². The van der Waals surface area contributed by atoms with Gasteiger partial charge >= 0.3 is 23.9 Å². The predicted octanol–water partition coefficient (Wildman–Crippen LogP) is 11.0. The molecule has 60 heavy (non-hydrogen) atoms. The molecule has 5 rings (SSSR count). The summed E-state index contributed by atoms with van der Waals surface area (Å²) >= 11 is 0. The van der Waals surface area contributed by atoms with Crippen LogP contribution in [0.1, 0.15) is 107 Å². The molecule has 5 aromatic rings. The van der Waals surface area contributed by atoms with E-state index in [9.17, 15) is 36.7 Å². The van der Waals surface area contributed by atoms with Crippen LogP contribution in [0.2, 0.25) is 0 Å². The third kappa shape index (κ3) is 12.6. The molecule has 5 aromatic carbocycles. The SMILES string of the molecule is CCCCCCOc1ccc(C(=O)Oc2ccc(C(=O)Oc3cccc(OC(=O)c4ccc(OC(=O)c5ccc(OCCCCCC)cc5F)c(F)c4)c3)cc2F)c(F)c1. The number of esters is 4. The van der Waals surface area contributed by atoms with Crippen LogP contribution >= 0.6 is 0 Å². The molecule has 0 spiro atoms. The molecule has 0 aliphatic carbocycles. The second-order valence-electron chi connectivity index (χ2n) is 13.4. The summed E-state index contributed by atoms with van der Waals surface area (Å²) < 4.78 is 90.9. The zero-order valence-corrected chi connectivity index (χ0v) is 32.9. The molecular formula is C46H42F4O10. The fourth-order valence-electron chi connectivity index (χ4n) is 5.60. The quantitative estimate of drug-likeness (QED) is 0.0324. The second kappa shape index (κ2) is 21.9. The molecule has 0 radical (unpaired) electrons. The first kappa shape index (κ1) is 44.4. The Morgan fingerprint density at radius 2 is 0.850 bits per heavy atom. The molecule has 10 nitrogen and oxygen atoms in total. The third-order valence-electron chi connectivity index (χ3n) is 8.82. The van der Waals surface area contributed by atoms with E-state index in [1.807, 2.05) is 0 Å². The number of hydrogen-bond acceptors (Lipinski definition) is 10. The summed E-state index contributed by atoms with van der Waals surface area (Å²) in [7, 11) is 0. The molecule has 0 N–H and O–H groups in total. The average molecular weight is 831 g/mol. The van der Waals surface area contributed by atoms with Crippen LogP contribution in [0.15, 0.2) is 97.1 Å². The summed E-state index contributed by atoms with van der Waals surface area (Å²) in [6.45, 7) is 4.94. The maximum Gasteiger partial charge on any atom is 0.346 e. The Bertz CT molecular complexity index is 2160. The van der Waals surface area contributed by atoms with Crippen molar-refractivity contribution in [3.05, 3.63) is 143 Å². The molecule has 0 atom stereocenters. The van der Waals surface area contributed by atoms with Crippen LogP contribution in [-0.2, 0) is 0 Å². The first-order chi connectivity index (χ1) is 28.9. The van der Waals surface area contributed by atoms with Crippen LogP contribution in [0.3, 0.4) is 0 Å². The van der Waals surface area contributed by atoms with E-state index >= 15 is 0 Å². The highest BCUT2D eigenvalue weighted by molar-refractivity contribution is 5.94. The van der Waals surface area contributed by atoms with Gasteiger partial charge in [0, 0.05) is 18.2 Å². The summed E-state index contributed by atoms with van der Waals surface area (Å²) in [6.07, 6.45) is 7.78. The molecule has 0 aliphatic heterocycles. The van der Waals surface area contributed by atoms with E-state index in [1.54, 1.807) is 0 Å². The Balaban J connectivity index is 1.13. The molecule has 0 amide bonds. The Kier molecular flexibility index (Phi) is 16.2. The Morgan fingerprint density at radius 3 is 1.23 bits per heavy atom. The Morgan fingerprint density at radius 1 is 0.417 bits per heavy atom. The van der Waals surface area contributed by atoms with Crippen molar-refractivity contribution in [2.24, 2.45) is 0 Å². The monoisotopic (exact) mass is 830 g/mol. The zero-order chi connectivity index (χ0) is 43.0. The van der Waals surface area contributed by atoms with Gasteiger partial charge in [-0.05, 0) is 85.6 Å². The zero-order valence-electron chi connectivity index (χ0n) is 32.9. The lowest BCUT2D eigenvalue weighted by molar-refractivity contribution is 0.0711. The van der Waals surface area contributed by atoms with Crippen LogP contribution in [0.25, 0.3) is 0 Å². The molecule has 0 aliphatic rings. The van der Waals surface area contributed by atoms with Gasteiger partial charge in [0.25, 0.3) is 0 Å². The third-order valence-corrected chi connectivity index (χ3v) is 8.82. The van der Waals surface area contributed by atoms with Gasteiger partial charge in [0.1, 0.15) is 34.6 Å². The van der Waals surface area contributed by atoms with Crippen molar-refractivity contribution in [2.45, 2.75) is 65.2 Å². The number of carbonyl (C=O) groups is 4. The number of ether oxygens (including phenoxy) is 6. The van der Waals surface area contributed by atoms with Gasteiger partial charge in [-0.25, -0.2) is 36.7 Å². The van der Waals surface area contributed by atoms with E-state index in [-0.39, 0.29) is 34.1 Å².